The normalized spacial score (nSPS) is 18.3. The Morgan fingerprint density at radius 1 is 1.15 bits per heavy atom. The minimum atomic E-state index is -3.60. The van der Waals surface area contributed by atoms with Crippen LogP contribution in [0.1, 0.15) is 39.1 Å². The van der Waals surface area contributed by atoms with Crippen LogP contribution in [0.2, 0.25) is 0 Å². The Hall–Kier alpha value is -3.02. The predicted octanol–water partition coefficient (Wildman–Crippen LogP) is 3.40. The second kappa shape index (κ2) is 8.73. The fraction of sp³-hybridized carbons (Fsp3) is 0.318. The lowest BCUT2D eigenvalue weighted by atomic mass is 10.0. The van der Waals surface area contributed by atoms with Gasteiger partial charge in [-0.1, -0.05) is 29.5 Å². The quantitative estimate of drug-likeness (QED) is 0.588. The van der Waals surface area contributed by atoms with Crippen LogP contribution in [-0.4, -0.2) is 48.7 Å². The van der Waals surface area contributed by atoms with Gasteiger partial charge in [0, 0.05) is 30.8 Å². The number of rotatable bonds is 5. The number of fused-ring (bicyclic) bond motifs is 1. The molecule has 3 aromatic rings. The molecule has 1 saturated heterocycles. The number of piperidine rings is 1. The van der Waals surface area contributed by atoms with Crippen LogP contribution in [0.25, 0.3) is 0 Å². The van der Waals surface area contributed by atoms with Crippen molar-refractivity contribution in [2.45, 2.75) is 30.6 Å². The van der Waals surface area contributed by atoms with Crippen molar-refractivity contribution in [1.82, 2.24) is 14.5 Å². The molecule has 33 heavy (non-hydrogen) atoms. The van der Waals surface area contributed by atoms with Gasteiger partial charge in [0.15, 0.2) is 11.5 Å². The summed E-state index contributed by atoms with van der Waals surface area (Å²) < 4.78 is 38.5. The number of anilines is 1. The number of amides is 1. The maximum atomic E-state index is 13.2. The first-order chi connectivity index (χ1) is 15.9. The molecule has 0 saturated carbocycles. The molecule has 1 fully saturated rings. The van der Waals surface area contributed by atoms with E-state index < -0.39 is 10.0 Å². The maximum absolute atomic E-state index is 13.2. The van der Waals surface area contributed by atoms with Crippen molar-refractivity contribution in [3.8, 4) is 11.5 Å². The van der Waals surface area contributed by atoms with Gasteiger partial charge in [-0.15, -0.1) is 10.2 Å². The van der Waals surface area contributed by atoms with Gasteiger partial charge < -0.3 is 14.8 Å². The van der Waals surface area contributed by atoms with E-state index in [0.29, 0.717) is 46.6 Å². The first-order valence-electron chi connectivity index (χ1n) is 10.5. The molecule has 0 spiro atoms. The lowest BCUT2D eigenvalue weighted by Gasteiger charge is -2.31. The highest BCUT2D eigenvalue weighted by Crippen LogP contribution is 2.35. The number of hydrogen-bond donors (Lipinski definition) is 1. The van der Waals surface area contributed by atoms with Gasteiger partial charge >= 0.3 is 0 Å². The first kappa shape index (κ1) is 21.8. The van der Waals surface area contributed by atoms with Gasteiger partial charge in [-0.3, -0.25) is 4.79 Å². The SMILES string of the molecule is Cc1ccccc1S(=O)(=O)N1CCC[C@@H](c2nnc(C(=O)Nc3ccc4c(c3)OCO4)s2)C1. The highest BCUT2D eigenvalue weighted by atomic mass is 32.2. The molecule has 2 aliphatic heterocycles. The van der Waals surface area contributed by atoms with Crippen molar-refractivity contribution in [3.63, 3.8) is 0 Å². The molecule has 11 heteroatoms. The van der Waals surface area contributed by atoms with Crippen molar-refractivity contribution in [1.29, 1.82) is 0 Å². The second-order valence-electron chi connectivity index (χ2n) is 7.94. The minimum absolute atomic E-state index is 0.109. The van der Waals surface area contributed by atoms with Crippen LogP contribution in [0.4, 0.5) is 5.69 Å². The topological polar surface area (TPSA) is 111 Å². The number of sulfonamides is 1. The average Bonchev–Trinajstić information content (AvgIpc) is 3.49. The zero-order chi connectivity index (χ0) is 23.0. The summed E-state index contributed by atoms with van der Waals surface area (Å²) in [6.07, 6.45) is 1.51. The molecular weight excluding hydrogens is 464 g/mol. The van der Waals surface area contributed by atoms with Crippen LogP contribution in [-0.2, 0) is 10.0 Å². The molecule has 2 aromatic carbocycles. The van der Waals surface area contributed by atoms with Crippen LogP contribution < -0.4 is 14.8 Å². The van der Waals surface area contributed by atoms with Crippen molar-refractivity contribution in [3.05, 3.63) is 58.0 Å². The Morgan fingerprint density at radius 2 is 1.97 bits per heavy atom. The van der Waals surface area contributed by atoms with E-state index in [0.717, 1.165) is 12.0 Å². The summed E-state index contributed by atoms with van der Waals surface area (Å²) in [5.74, 6) is 0.719. The Bertz CT molecular complexity index is 1310. The Labute approximate surface area is 195 Å². The summed E-state index contributed by atoms with van der Waals surface area (Å²) in [5.41, 5.74) is 1.28. The van der Waals surface area contributed by atoms with Gasteiger partial charge in [-0.2, -0.15) is 4.31 Å². The monoisotopic (exact) mass is 486 g/mol. The fourth-order valence-electron chi connectivity index (χ4n) is 4.00. The molecule has 0 bridgehead atoms. The summed E-state index contributed by atoms with van der Waals surface area (Å²) in [7, 11) is -3.60. The molecule has 2 aliphatic rings. The van der Waals surface area contributed by atoms with E-state index in [1.165, 1.54) is 15.6 Å². The fourth-order valence-corrected chi connectivity index (χ4v) is 6.61. The Morgan fingerprint density at radius 3 is 2.82 bits per heavy atom. The third-order valence-corrected chi connectivity index (χ3v) is 8.82. The molecule has 0 radical (unpaired) electrons. The number of carbonyl (C=O) groups excluding carboxylic acids is 1. The minimum Gasteiger partial charge on any atom is -0.454 e. The predicted molar refractivity (Wildman–Crippen MR) is 122 cm³/mol. The molecule has 0 unspecified atom stereocenters. The molecule has 9 nitrogen and oxygen atoms in total. The summed E-state index contributed by atoms with van der Waals surface area (Å²) in [4.78, 5) is 13.0. The van der Waals surface area contributed by atoms with E-state index in [1.54, 1.807) is 43.3 Å². The van der Waals surface area contributed by atoms with Gasteiger partial charge in [-0.05, 0) is 43.5 Å². The number of aromatic nitrogens is 2. The van der Waals surface area contributed by atoms with E-state index >= 15 is 0 Å². The summed E-state index contributed by atoms with van der Waals surface area (Å²) in [5, 5.41) is 11.9. The standard InChI is InChI=1S/C22H22N4O5S2/c1-14-5-2-3-7-19(14)33(28,29)26-10-4-6-15(12-26)21-24-25-22(32-21)20(27)23-16-8-9-17-18(11-16)31-13-30-17/h2-3,5,7-9,11,15H,4,6,10,12-13H2,1H3,(H,23,27)/t15-/m1/s1. The smallest absolute Gasteiger partial charge is 0.286 e. The third-order valence-electron chi connectivity index (χ3n) is 5.71. The van der Waals surface area contributed by atoms with Crippen LogP contribution in [0.15, 0.2) is 47.4 Å². The van der Waals surface area contributed by atoms with Crippen molar-refractivity contribution < 1.29 is 22.7 Å². The molecule has 0 aliphatic carbocycles. The highest BCUT2D eigenvalue weighted by molar-refractivity contribution is 7.89. The van der Waals surface area contributed by atoms with Gasteiger partial charge in [0.1, 0.15) is 5.01 Å². The zero-order valence-electron chi connectivity index (χ0n) is 17.9. The first-order valence-corrected chi connectivity index (χ1v) is 12.8. The Kier molecular flexibility index (Phi) is 5.77. The van der Waals surface area contributed by atoms with E-state index in [1.807, 2.05) is 6.07 Å². The van der Waals surface area contributed by atoms with Gasteiger partial charge in [0.2, 0.25) is 21.8 Å². The van der Waals surface area contributed by atoms with Gasteiger partial charge in [-0.25, -0.2) is 8.42 Å². The van der Waals surface area contributed by atoms with Crippen LogP contribution in [0, 0.1) is 6.92 Å². The van der Waals surface area contributed by atoms with E-state index in [9.17, 15) is 13.2 Å². The van der Waals surface area contributed by atoms with Crippen LogP contribution in [0.5, 0.6) is 11.5 Å². The summed E-state index contributed by atoms with van der Waals surface area (Å²) in [6.45, 7) is 2.73. The maximum Gasteiger partial charge on any atom is 0.286 e. The van der Waals surface area contributed by atoms with Crippen LogP contribution >= 0.6 is 11.3 Å². The molecular formula is C22H22N4O5S2. The zero-order valence-corrected chi connectivity index (χ0v) is 19.5. The molecule has 3 heterocycles. The molecule has 1 amide bonds. The van der Waals surface area contributed by atoms with Crippen LogP contribution in [0.3, 0.4) is 0 Å². The lowest BCUT2D eigenvalue weighted by molar-refractivity contribution is 0.102. The summed E-state index contributed by atoms with van der Waals surface area (Å²) in [6, 6.07) is 12.1. The molecule has 1 N–H and O–H groups in total. The van der Waals surface area contributed by atoms with E-state index in [-0.39, 0.29) is 23.6 Å². The summed E-state index contributed by atoms with van der Waals surface area (Å²) >= 11 is 1.19. The Balaban J connectivity index is 1.29. The molecule has 172 valence electrons. The number of ether oxygens (including phenoxy) is 2. The molecule has 5 rings (SSSR count). The third kappa shape index (κ3) is 4.31. The molecule has 1 atom stereocenters. The molecule has 1 aromatic heterocycles. The van der Waals surface area contributed by atoms with Gasteiger partial charge in [0.25, 0.3) is 5.91 Å². The van der Waals surface area contributed by atoms with E-state index in [2.05, 4.69) is 15.5 Å². The van der Waals surface area contributed by atoms with Gasteiger partial charge in [0.05, 0.1) is 4.90 Å². The second-order valence-corrected chi connectivity index (χ2v) is 10.9. The van der Waals surface area contributed by atoms with Crippen molar-refractivity contribution >= 4 is 33.0 Å². The largest absolute Gasteiger partial charge is 0.454 e. The number of nitrogens with one attached hydrogen (secondary N) is 1. The highest BCUT2D eigenvalue weighted by Gasteiger charge is 2.33. The van der Waals surface area contributed by atoms with E-state index in [4.69, 9.17) is 9.47 Å². The average molecular weight is 487 g/mol. The lowest BCUT2D eigenvalue weighted by Crippen LogP contribution is -2.39. The number of nitrogens with zero attached hydrogens (tertiary/aromatic N) is 3. The van der Waals surface area contributed by atoms with Crippen molar-refractivity contribution in [2.75, 3.05) is 25.2 Å². The number of aryl methyl sites for hydroxylation is 1. The number of hydrogen-bond acceptors (Lipinski definition) is 8. The number of carbonyl (C=O) groups is 1. The van der Waals surface area contributed by atoms with Crippen molar-refractivity contribution in [2.24, 2.45) is 0 Å². The number of benzene rings is 2.